The summed E-state index contributed by atoms with van der Waals surface area (Å²) < 4.78 is 3.20. The number of hydrogen-bond donors (Lipinski definition) is 0. The number of benzene rings is 2. The number of carbonyl (C=O) groups is 1. The van der Waals surface area contributed by atoms with Crippen molar-refractivity contribution in [3.8, 4) is 0 Å². The maximum absolute atomic E-state index is 12.8. The second-order valence-corrected chi connectivity index (χ2v) is 8.43. The largest absolute Gasteiger partial charge is 0.340 e. The maximum Gasteiger partial charge on any atom is 0.235 e. The van der Waals surface area contributed by atoms with E-state index in [9.17, 15) is 4.79 Å². The molecule has 2 aromatic heterocycles. The molecule has 2 heterocycles. The van der Waals surface area contributed by atoms with Crippen LogP contribution in [0.15, 0.2) is 59.8 Å². The van der Waals surface area contributed by atoms with Crippen LogP contribution in [0.4, 0.5) is 0 Å². The van der Waals surface area contributed by atoms with Crippen molar-refractivity contribution in [2.45, 2.75) is 23.9 Å². The number of hydrogen-bond acceptors (Lipinski definition) is 5. The van der Waals surface area contributed by atoms with Crippen molar-refractivity contribution in [1.29, 1.82) is 0 Å². The van der Waals surface area contributed by atoms with E-state index in [1.807, 2.05) is 60.8 Å². The fraction of sp³-hybridized carbons (Fsp3) is 0.211. The number of thiazole rings is 1. The monoisotopic (exact) mass is 382 g/mol. The Balaban J connectivity index is 1.53. The van der Waals surface area contributed by atoms with Crippen LogP contribution in [0.25, 0.3) is 15.2 Å². The van der Waals surface area contributed by atoms with Gasteiger partial charge in [-0.3, -0.25) is 9.20 Å². The molecule has 0 aliphatic rings. The van der Waals surface area contributed by atoms with Crippen molar-refractivity contribution in [3.05, 3.63) is 60.2 Å². The highest BCUT2D eigenvalue weighted by atomic mass is 32.2. The molecule has 2 aromatic carbocycles. The number of thioether (sulfide) groups is 1. The van der Waals surface area contributed by atoms with Crippen LogP contribution in [0.3, 0.4) is 0 Å². The molecule has 0 aliphatic carbocycles. The minimum atomic E-state index is -0.241. The van der Waals surface area contributed by atoms with Crippen molar-refractivity contribution >= 4 is 44.2 Å². The van der Waals surface area contributed by atoms with Crippen LogP contribution in [-0.2, 0) is 11.3 Å². The molecule has 0 spiro atoms. The molecule has 1 atom stereocenters. The number of carbonyl (C=O) groups excluding carboxylic acids is 1. The SMILES string of the molecule is CC(Sc1nnc2sc3ccccc3n12)C(=O)N(C)Cc1ccccc1. The van der Waals surface area contributed by atoms with Crippen molar-refractivity contribution < 1.29 is 4.79 Å². The summed E-state index contributed by atoms with van der Waals surface area (Å²) in [5, 5.41) is 9.07. The van der Waals surface area contributed by atoms with E-state index in [2.05, 4.69) is 22.3 Å². The lowest BCUT2D eigenvalue weighted by molar-refractivity contribution is -0.129. The van der Waals surface area contributed by atoms with Gasteiger partial charge >= 0.3 is 0 Å². The molecule has 0 saturated carbocycles. The van der Waals surface area contributed by atoms with Gasteiger partial charge in [0.2, 0.25) is 10.9 Å². The highest BCUT2D eigenvalue weighted by Crippen LogP contribution is 2.31. The van der Waals surface area contributed by atoms with Gasteiger partial charge in [0.1, 0.15) is 0 Å². The topological polar surface area (TPSA) is 50.5 Å². The standard InChI is InChI=1S/C19H18N4OS2/c1-13(17(24)22(2)12-14-8-4-3-5-9-14)25-18-20-21-19-23(18)15-10-6-7-11-16(15)26-19/h3-11,13H,12H2,1-2H3. The zero-order valence-electron chi connectivity index (χ0n) is 14.5. The number of para-hydroxylation sites is 1. The first-order valence-corrected chi connectivity index (χ1v) is 10.0. The summed E-state index contributed by atoms with van der Waals surface area (Å²) in [5.41, 5.74) is 2.20. The Morgan fingerprint density at radius 1 is 1.15 bits per heavy atom. The van der Waals surface area contributed by atoms with Gasteiger partial charge in [0.15, 0.2) is 5.16 Å². The Bertz CT molecular complexity index is 1060. The summed E-state index contributed by atoms with van der Waals surface area (Å²) in [6, 6.07) is 18.2. The van der Waals surface area contributed by atoms with Crippen LogP contribution < -0.4 is 0 Å². The second kappa shape index (κ2) is 7.09. The Morgan fingerprint density at radius 3 is 2.69 bits per heavy atom. The molecule has 0 fully saturated rings. The summed E-state index contributed by atoms with van der Waals surface area (Å²) in [5.74, 6) is 0.0788. The number of aromatic nitrogens is 3. The number of amides is 1. The molecule has 4 aromatic rings. The molecule has 1 unspecified atom stereocenters. The highest BCUT2D eigenvalue weighted by molar-refractivity contribution is 8.00. The zero-order valence-corrected chi connectivity index (χ0v) is 16.1. The van der Waals surface area contributed by atoms with Crippen molar-refractivity contribution in [1.82, 2.24) is 19.5 Å². The van der Waals surface area contributed by atoms with E-state index in [4.69, 9.17) is 0 Å². The van der Waals surface area contributed by atoms with E-state index in [1.165, 1.54) is 16.5 Å². The fourth-order valence-electron chi connectivity index (χ4n) is 2.89. The molecule has 0 N–H and O–H groups in total. The number of fused-ring (bicyclic) bond motifs is 3. The average molecular weight is 383 g/mol. The van der Waals surface area contributed by atoms with Gasteiger partial charge in [-0.1, -0.05) is 65.6 Å². The third kappa shape index (κ3) is 3.20. The molecule has 5 nitrogen and oxygen atoms in total. The first-order valence-electron chi connectivity index (χ1n) is 8.31. The van der Waals surface area contributed by atoms with Gasteiger partial charge in [-0.2, -0.15) is 0 Å². The van der Waals surface area contributed by atoms with Gasteiger partial charge in [-0.15, -0.1) is 10.2 Å². The summed E-state index contributed by atoms with van der Waals surface area (Å²) >= 11 is 3.06. The first-order chi connectivity index (χ1) is 12.6. The lowest BCUT2D eigenvalue weighted by Crippen LogP contribution is -2.32. The molecule has 26 heavy (non-hydrogen) atoms. The predicted molar refractivity (Wildman–Crippen MR) is 107 cm³/mol. The maximum atomic E-state index is 12.8. The Kier molecular flexibility index (Phi) is 4.65. The van der Waals surface area contributed by atoms with Gasteiger partial charge in [-0.05, 0) is 24.6 Å². The fourth-order valence-corrected chi connectivity index (χ4v) is 4.88. The third-order valence-electron chi connectivity index (χ3n) is 4.18. The minimum absolute atomic E-state index is 0.0788. The molecule has 132 valence electrons. The molecular weight excluding hydrogens is 364 g/mol. The van der Waals surface area contributed by atoms with Crippen LogP contribution >= 0.6 is 23.1 Å². The lowest BCUT2D eigenvalue weighted by atomic mass is 10.2. The molecule has 7 heteroatoms. The summed E-state index contributed by atoms with van der Waals surface area (Å²) in [4.78, 5) is 15.4. The quantitative estimate of drug-likeness (QED) is 0.488. The van der Waals surface area contributed by atoms with Gasteiger partial charge < -0.3 is 4.90 Å². The molecular formula is C19H18N4OS2. The summed E-state index contributed by atoms with van der Waals surface area (Å²) in [6.45, 7) is 2.52. The third-order valence-corrected chi connectivity index (χ3v) is 6.22. The van der Waals surface area contributed by atoms with Crippen LogP contribution in [-0.4, -0.2) is 37.7 Å². The highest BCUT2D eigenvalue weighted by Gasteiger charge is 2.22. The average Bonchev–Trinajstić information content (AvgIpc) is 3.21. The van der Waals surface area contributed by atoms with Crippen molar-refractivity contribution in [3.63, 3.8) is 0 Å². The van der Waals surface area contributed by atoms with E-state index in [0.717, 1.165) is 21.2 Å². The van der Waals surface area contributed by atoms with Crippen LogP contribution in [0.5, 0.6) is 0 Å². The molecule has 4 rings (SSSR count). The molecule has 0 aliphatic heterocycles. The number of rotatable bonds is 5. The predicted octanol–water partition coefficient (Wildman–Crippen LogP) is 4.08. The van der Waals surface area contributed by atoms with Crippen molar-refractivity contribution in [2.24, 2.45) is 0 Å². The van der Waals surface area contributed by atoms with Crippen LogP contribution in [0, 0.1) is 0 Å². The van der Waals surface area contributed by atoms with Gasteiger partial charge in [0.05, 0.1) is 15.5 Å². The first kappa shape index (κ1) is 17.1. The Morgan fingerprint density at radius 2 is 1.88 bits per heavy atom. The molecule has 1 amide bonds. The minimum Gasteiger partial charge on any atom is -0.340 e. The smallest absolute Gasteiger partial charge is 0.235 e. The van der Waals surface area contributed by atoms with E-state index in [-0.39, 0.29) is 11.2 Å². The normalized spacial score (nSPS) is 12.5. The molecule has 0 radical (unpaired) electrons. The van der Waals surface area contributed by atoms with Gasteiger partial charge in [-0.25, -0.2) is 0 Å². The van der Waals surface area contributed by atoms with Crippen LogP contribution in [0.1, 0.15) is 12.5 Å². The van der Waals surface area contributed by atoms with E-state index in [0.29, 0.717) is 6.54 Å². The van der Waals surface area contributed by atoms with E-state index in [1.54, 1.807) is 16.2 Å². The molecule has 0 bridgehead atoms. The van der Waals surface area contributed by atoms with Crippen LogP contribution in [0.2, 0.25) is 0 Å². The van der Waals surface area contributed by atoms with Gasteiger partial charge in [0, 0.05) is 13.6 Å². The number of nitrogens with zero attached hydrogens (tertiary/aromatic N) is 4. The lowest BCUT2D eigenvalue weighted by Gasteiger charge is -2.20. The second-order valence-electron chi connectivity index (χ2n) is 6.11. The zero-order chi connectivity index (χ0) is 18.1. The summed E-state index contributed by atoms with van der Waals surface area (Å²) in [6.07, 6.45) is 0. The van der Waals surface area contributed by atoms with Crippen molar-refractivity contribution in [2.75, 3.05) is 7.05 Å². The molecule has 0 saturated heterocycles. The van der Waals surface area contributed by atoms with E-state index >= 15 is 0 Å². The Hall–Kier alpha value is -2.38. The Labute approximate surface area is 159 Å². The summed E-state index contributed by atoms with van der Waals surface area (Å²) in [7, 11) is 1.84. The van der Waals surface area contributed by atoms with E-state index < -0.39 is 0 Å². The van der Waals surface area contributed by atoms with Gasteiger partial charge in [0.25, 0.3) is 0 Å².